The number of hydrogen-bond donors (Lipinski definition) is 2. The molecule has 2 N–H and O–H groups in total. The molecule has 0 aliphatic rings. The normalized spacial score (nSPS) is 11.9. The first-order valence-electron chi connectivity index (χ1n) is 9.97. The van der Waals surface area contributed by atoms with Crippen LogP contribution in [0.15, 0.2) is 48.5 Å². The van der Waals surface area contributed by atoms with E-state index in [0.717, 1.165) is 16.7 Å². The maximum Gasteiger partial charge on any atom is 0.335 e. The molecule has 9 heteroatoms. The molecule has 1 atom stereocenters. The summed E-state index contributed by atoms with van der Waals surface area (Å²) in [5.41, 5.74) is 0.763. The van der Waals surface area contributed by atoms with Crippen LogP contribution >= 0.6 is 0 Å². The molecule has 3 rings (SSSR count). The van der Waals surface area contributed by atoms with E-state index in [4.69, 9.17) is 9.84 Å². The van der Waals surface area contributed by atoms with Gasteiger partial charge < -0.3 is 15.2 Å². The highest BCUT2D eigenvalue weighted by Crippen LogP contribution is 2.33. The van der Waals surface area contributed by atoms with Gasteiger partial charge in [-0.2, -0.15) is 5.10 Å². The van der Waals surface area contributed by atoms with Crippen LogP contribution in [0.3, 0.4) is 0 Å². The molecule has 0 radical (unpaired) electrons. The maximum atomic E-state index is 13.6. The van der Waals surface area contributed by atoms with Crippen LogP contribution in [-0.4, -0.2) is 26.8 Å². The zero-order chi connectivity index (χ0) is 23.4. The Kier molecular flexibility index (Phi) is 6.87. The number of alkyl halides is 2. The number of ether oxygens (including phenoxy) is 1. The minimum Gasteiger partial charge on any atom is -0.478 e. The summed E-state index contributed by atoms with van der Waals surface area (Å²) in [7, 11) is 1.42. The van der Waals surface area contributed by atoms with Gasteiger partial charge in [-0.25, -0.2) is 18.3 Å². The number of nitrogens with zero attached hydrogens (tertiary/aromatic N) is 2. The Balaban J connectivity index is 1.88. The molecule has 2 aromatic carbocycles. The zero-order valence-electron chi connectivity index (χ0n) is 17.8. The van der Waals surface area contributed by atoms with Crippen molar-refractivity contribution in [2.24, 2.45) is 7.05 Å². The third-order valence-corrected chi connectivity index (χ3v) is 5.01. The predicted molar refractivity (Wildman–Crippen MR) is 113 cm³/mol. The van der Waals surface area contributed by atoms with Crippen LogP contribution in [0.2, 0.25) is 0 Å². The molecule has 0 fully saturated rings. The molecule has 0 bridgehead atoms. The second kappa shape index (κ2) is 9.59. The fraction of sp³-hybridized carbons (Fsp3) is 0.261. The number of benzene rings is 2. The first-order chi connectivity index (χ1) is 15.2. The third-order valence-electron chi connectivity index (χ3n) is 5.01. The number of aryl methyl sites for hydroxylation is 2. The number of nitrogens with one attached hydrogen (secondary N) is 1. The molecule has 0 unspecified atom stereocenters. The summed E-state index contributed by atoms with van der Waals surface area (Å²) in [6.45, 7) is 3.67. The van der Waals surface area contributed by atoms with Gasteiger partial charge in [0, 0.05) is 7.05 Å². The fourth-order valence-corrected chi connectivity index (χ4v) is 3.18. The number of carbonyl (C=O) groups is 2. The minimum atomic E-state index is -2.98. The Bertz CT molecular complexity index is 1110. The smallest absolute Gasteiger partial charge is 0.335 e. The van der Waals surface area contributed by atoms with E-state index in [1.807, 2.05) is 19.1 Å². The monoisotopic (exact) mass is 443 g/mol. The van der Waals surface area contributed by atoms with Gasteiger partial charge in [-0.1, -0.05) is 31.2 Å². The van der Waals surface area contributed by atoms with Crippen LogP contribution in [0.4, 0.5) is 8.78 Å². The zero-order valence-corrected chi connectivity index (χ0v) is 17.8. The molecule has 0 aliphatic carbocycles. The third kappa shape index (κ3) is 4.93. The number of hydrogen-bond acceptors (Lipinski definition) is 4. The van der Waals surface area contributed by atoms with Gasteiger partial charge >= 0.3 is 5.97 Å². The number of halogens is 2. The summed E-state index contributed by atoms with van der Waals surface area (Å²) < 4.78 is 34.1. The van der Waals surface area contributed by atoms with Crippen molar-refractivity contribution >= 4 is 11.9 Å². The van der Waals surface area contributed by atoms with E-state index < -0.39 is 30.0 Å². The van der Waals surface area contributed by atoms with Crippen molar-refractivity contribution in [3.8, 4) is 11.6 Å². The number of carboxylic acid groups (broad SMARTS) is 1. The van der Waals surface area contributed by atoms with E-state index in [9.17, 15) is 18.4 Å². The van der Waals surface area contributed by atoms with Gasteiger partial charge in [0.15, 0.2) is 0 Å². The number of carboxylic acids is 1. The highest BCUT2D eigenvalue weighted by molar-refractivity contribution is 5.98. The molecule has 32 heavy (non-hydrogen) atoms. The highest BCUT2D eigenvalue weighted by atomic mass is 19.3. The fourth-order valence-electron chi connectivity index (χ4n) is 3.18. The van der Waals surface area contributed by atoms with E-state index in [1.54, 1.807) is 31.2 Å². The summed E-state index contributed by atoms with van der Waals surface area (Å²) in [5.74, 6) is -1.56. The van der Waals surface area contributed by atoms with Crippen LogP contribution in [0, 0.1) is 0 Å². The SMILES string of the molecule is CCc1ccc(Oc2c(C(=O)N[C@@H](C)c3ccc(C(=O)O)cc3)c(C(F)F)nn2C)cc1. The van der Waals surface area contributed by atoms with Gasteiger partial charge in [0.05, 0.1) is 11.6 Å². The van der Waals surface area contributed by atoms with Gasteiger partial charge in [-0.05, 0) is 48.7 Å². The topological polar surface area (TPSA) is 93.4 Å². The molecular formula is C23H23F2N3O4. The first-order valence-corrected chi connectivity index (χ1v) is 9.97. The number of aromatic carboxylic acids is 1. The van der Waals surface area contributed by atoms with Crippen molar-refractivity contribution in [3.63, 3.8) is 0 Å². The van der Waals surface area contributed by atoms with E-state index >= 15 is 0 Å². The Morgan fingerprint density at radius 1 is 1.12 bits per heavy atom. The van der Waals surface area contributed by atoms with E-state index in [1.165, 1.54) is 19.2 Å². The van der Waals surface area contributed by atoms with Crippen LogP contribution < -0.4 is 10.1 Å². The van der Waals surface area contributed by atoms with E-state index in [2.05, 4.69) is 10.4 Å². The second-order valence-electron chi connectivity index (χ2n) is 7.21. The number of rotatable bonds is 8. The summed E-state index contributed by atoms with van der Waals surface area (Å²) in [6.07, 6.45) is -2.15. The van der Waals surface area contributed by atoms with Crippen molar-refractivity contribution in [1.82, 2.24) is 15.1 Å². The Hall–Kier alpha value is -3.75. The second-order valence-corrected chi connectivity index (χ2v) is 7.21. The summed E-state index contributed by atoms with van der Waals surface area (Å²) in [6, 6.07) is 12.4. The lowest BCUT2D eigenvalue weighted by Gasteiger charge is -2.16. The highest BCUT2D eigenvalue weighted by Gasteiger charge is 2.30. The van der Waals surface area contributed by atoms with Crippen molar-refractivity contribution < 1.29 is 28.2 Å². The van der Waals surface area contributed by atoms with Crippen molar-refractivity contribution in [3.05, 3.63) is 76.5 Å². The van der Waals surface area contributed by atoms with Crippen LogP contribution in [-0.2, 0) is 13.5 Å². The van der Waals surface area contributed by atoms with Crippen molar-refractivity contribution in [2.45, 2.75) is 32.7 Å². The van der Waals surface area contributed by atoms with Crippen LogP contribution in [0.5, 0.6) is 11.6 Å². The van der Waals surface area contributed by atoms with Gasteiger partial charge in [0.25, 0.3) is 12.3 Å². The van der Waals surface area contributed by atoms with Crippen molar-refractivity contribution in [1.29, 1.82) is 0 Å². The van der Waals surface area contributed by atoms with Gasteiger partial charge in [-0.15, -0.1) is 0 Å². The number of amides is 1. The summed E-state index contributed by atoms with van der Waals surface area (Å²) >= 11 is 0. The lowest BCUT2D eigenvalue weighted by molar-refractivity contribution is 0.0696. The minimum absolute atomic E-state index is 0.101. The van der Waals surface area contributed by atoms with E-state index in [-0.39, 0.29) is 17.0 Å². The molecule has 168 valence electrons. The molecule has 0 spiro atoms. The number of aromatic nitrogens is 2. The largest absolute Gasteiger partial charge is 0.478 e. The molecule has 1 aromatic heterocycles. The average molecular weight is 443 g/mol. The Morgan fingerprint density at radius 2 is 1.75 bits per heavy atom. The molecule has 1 amide bonds. The Labute approximate surface area is 183 Å². The lowest BCUT2D eigenvalue weighted by atomic mass is 10.1. The van der Waals surface area contributed by atoms with Gasteiger partial charge in [-0.3, -0.25) is 4.79 Å². The maximum absolute atomic E-state index is 13.6. The number of carbonyl (C=O) groups excluding carboxylic acids is 1. The van der Waals surface area contributed by atoms with Crippen molar-refractivity contribution in [2.75, 3.05) is 0 Å². The quantitative estimate of drug-likeness (QED) is 0.516. The first kappa shape index (κ1) is 22.9. The standard InChI is InChI=1S/C23H23F2N3O4/c1-4-14-5-11-17(12-6-14)32-22-18(19(20(24)25)27-28(22)3)21(29)26-13(2)15-7-9-16(10-8-15)23(30)31/h5-13,20H,4H2,1-3H3,(H,26,29)(H,30,31)/t13-/m0/s1. The average Bonchev–Trinajstić information content (AvgIpc) is 3.10. The molecule has 0 saturated heterocycles. The predicted octanol–water partition coefficient (Wildman–Crippen LogP) is 4.90. The van der Waals surface area contributed by atoms with Gasteiger partial charge in [0.2, 0.25) is 5.88 Å². The molecule has 1 heterocycles. The molecule has 7 nitrogen and oxygen atoms in total. The molecular weight excluding hydrogens is 420 g/mol. The Morgan fingerprint density at radius 3 is 2.28 bits per heavy atom. The molecule has 3 aromatic rings. The summed E-state index contributed by atoms with van der Waals surface area (Å²) in [5, 5.41) is 15.5. The van der Waals surface area contributed by atoms with Gasteiger partial charge in [0.1, 0.15) is 17.0 Å². The van der Waals surface area contributed by atoms with Crippen LogP contribution in [0.25, 0.3) is 0 Å². The lowest BCUT2D eigenvalue weighted by Crippen LogP contribution is -2.27. The van der Waals surface area contributed by atoms with Crippen LogP contribution in [0.1, 0.15) is 63.9 Å². The molecule has 0 aliphatic heterocycles. The van der Waals surface area contributed by atoms with E-state index in [0.29, 0.717) is 11.3 Å². The summed E-state index contributed by atoms with van der Waals surface area (Å²) in [4.78, 5) is 24.0. The molecule has 0 saturated carbocycles.